The Morgan fingerprint density at radius 3 is 1.22 bits per heavy atom. The number of nitrogens with one attached hydrogen (secondary N) is 1. The highest BCUT2D eigenvalue weighted by atomic mass is 31.2. The lowest BCUT2D eigenvalue weighted by molar-refractivity contribution is -0.147. The molecule has 0 fully saturated rings. The van der Waals surface area contributed by atoms with E-state index in [-0.39, 0.29) is 12.8 Å². The summed E-state index contributed by atoms with van der Waals surface area (Å²) in [5, 5.41) is 21.7. The molecule has 0 bridgehead atoms. The van der Waals surface area contributed by atoms with Gasteiger partial charge in [-0.1, -0.05) is 194 Å². The topological polar surface area (TPSA) is 169 Å². The number of aliphatic carboxylic acids is 1. The molecule has 11 nitrogen and oxygen atoms in total. The third-order valence-electron chi connectivity index (χ3n) is 9.90. The number of hydrogen-bond donors (Lipinski definition) is 4. The van der Waals surface area contributed by atoms with E-state index in [1.165, 1.54) is 128 Å². The zero-order valence-corrected chi connectivity index (χ0v) is 35.4. The number of phosphoric ester groups is 1. The molecule has 1 amide bonds. The lowest BCUT2D eigenvalue weighted by atomic mass is 10.0. The zero-order valence-electron chi connectivity index (χ0n) is 34.6. The summed E-state index contributed by atoms with van der Waals surface area (Å²) >= 11 is 0. The smallest absolute Gasteiger partial charge is 0.472 e. The van der Waals surface area contributed by atoms with E-state index in [1.54, 1.807) is 0 Å². The fraction of sp³-hybridized carbons (Fsp3) is 0.929. The number of aliphatic hydroxyl groups is 1. The van der Waals surface area contributed by atoms with Crippen molar-refractivity contribution in [2.75, 3.05) is 19.8 Å². The van der Waals surface area contributed by atoms with Crippen LogP contribution in [0.2, 0.25) is 0 Å². The van der Waals surface area contributed by atoms with E-state index < -0.39 is 57.6 Å². The maximum Gasteiger partial charge on any atom is 0.472 e. The van der Waals surface area contributed by atoms with Gasteiger partial charge in [0.25, 0.3) is 0 Å². The first-order valence-corrected chi connectivity index (χ1v) is 23.6. The molecule has 0 aliphatic rings. The van der Waals surface area contributed by atoms with Gasteiger partial charge in [-0.05, 0) is 12.8 Å². The van der Waals surface area contributed by atoms with Crippen LogP contribution in [0.25, 0.3) is 0 Å². The molecule has 0 saturated heterocycles. The van der Waals surface area contributed by atoms with Crippen LogP contribution in [0.15, 0.2) is 0 Å². The van der Waals surface area contributed by atoms with Crippen molar-refractivity contribution in [2.24, 2.45) is 0 Å². The molecule has 0 aromatic rings. The van der Waals surface area contributed by atoms with E-state index in [4.69, 9.17) is 13.8 Å². The number of unbranched alkanes of at least 4 members (excludes halogenated alkanes) is 28. The van der Waals surface area contributed by atoms with E-state index in [9.17, 15) is 34.1 Å². The number of aliphatic hydroxyl groups excluding tert-OH is 1. The van der Waals surface area contributed by atoms with Crippen LogP contribution in [0.5, 0.6) is 0 Å². The van der Waals surface area contributed by atoms with Crippen LogP contribution in [-0.2, 0) is 32.7 Å². The number of carboxylic acid groups (broad SMARTS) is 1. The number of ether oxygens (including phenoxy) is 1. The molecule has 0 aromatic heterocycles. The Labute approximate surface area is 329 Å². The molecule has 3 unspecified atom stereocenters. The molecule has 3 atom stereocenters. The van der Waals surface area contributed by atoms with E-state index in [2.05, 4.69) is 19.2 Å². The van der Waals surface area contributed by atoms with Crippen LogP contribution >= 0.6 is 7.82 Å². The Morgan fingerprint density at radius 1 is 0.519 bits per heavy atom. The lowest BCUT2D eigenvalue weighted by Gasteiger charge is -2.18. The minimum absolute atomic E-state index is 0.148. The monoisotopic (exact) mass is 792 g/mol. The summed E-state index contributed by atoms with van der Waals surface area (Å²) < 4.78 is 26.7. The minimum Gasteiger partial charge on any atom is -0.480 e. The van der Waals surface area contributed by atoms with Gasteiger partial charge in [-0.15, -0.1) is 0 Å². The van der Waals surface area contributed by atoms with Crippen LogP contribution in [0.4, 0.5) is 0 Å². The van der Waals surface area contributed by atoms with Gasteiger partial charge < -0.3 is 25.2 Å². The third kappa shape index (κ3) is 37.4. The summed E-state index contributed by atoms with van der Waals surface area (Å²) in [4.78, 5) is 45.6. The molecule has 4 N–H and O–H groups in total. The summed E-state index contributed by atoms with van der Waals surface area (Å²) in [6, 6.07) is -1.54. The second-order valence-corrected chi connectivity index (χ2v) is 16.7. The van der Waals surface area contributed by atoms with Gasteiger partial charge in [0.1, 0.15) is 12.7 Å². The van der Waals surface area contributed by atoms with Crippen molar-refractivity contribution in [1.82, 2.24) is 5.32 Å². The lowest BCUT2D eigenvalue weighted by Crippen LogP contribution is -2.43. The number of hydrogen-bond acceptors (Lipinski definition) is 8. The number of rotatable bonds is 42. The Morgan fingerprint density at radius 2 is 0.852 bits per heavy atom. The molecule has 12 heteroatoms. The number of carbonyl (C=O) groups is 3. The average Bonchev–Trinajstić information content (AvgIpc) is 3.14. The maximum atomic E-state index is 12.2. The van der Waals surface area contributed by atoms with E-state index in [1.807, 2.05) is 0 Å². The van der Waals surface area contributed by atoms with E-state index in [0.717, 1.165) is 51.4 Å². The molecule has 0 aliphatic carbocycles. The molecule has 0 radical (unpaired) electrons. The van der Waals surface area contributed by atoms with Crippen molar-refractivity contribution in [3.05, 3.63) is 0 Å². The summed E-state index contributed by atoms with van der Waals surface area (Å²) in [5.74, 6) is -2.37. The van der Waals surface area contributed by atoms with Crippen molar-refractivity contribution in [1.29, 1.82) is 0 Å². The largest absolute Gasteiger partial charge is 0.480 e. The quantitative estimate of drug-likeness (QED) is 0.0265. The third-order valence-corrected chi connectivity index (χ3v) is 10.8. The fourth-order valence-electron chi connectivity index (χ4n) is 6.43. The number of carbonyl (C=O) groups excluding carboxylic acids is 2. The number of esters is 1. The van der Waals surface area contributed by atoms with Gasteiger partial charge in [0.05, 0.1) is 13.2 Å². The predicted octanol–water partition coefficient (Wildman–Crippen LogP) is 11.1. The van der Waals surface area contributed by atoms with Crippen LogP contribution < -0.4 is 5.32 Å². The van der Waals surface area contributed by atoms with Crippen LogP contribution in [-0.4, -0.2) is 64.9 Å². The molecule has 0 aliphatic heterocycles. The van der Waals surface area contributed by atoms with Gasteiger partial charge in [-0.25, -0.2) is 9.36 Å². The molecular weight excluding hydrogens is 709 g/mol. The minimum atomic E-state index is -4.74. The first-order valence-electron chi connectivity index (χ1n) is 22.1. The van der Waals surface area contributed by atoms with E-state index in [0.29, 0.717) is 12.8 Å². The highest BCUT2D eigenvalue weighted by molar-refractivity contribution is 7.47. The standard InChI is InChI=1S/C42H82NO10P/c1-3-5-7-9-11-12-13-14-15-16-17-18-19-20-21-22-23-24-25-26-28-30-32-34-41(46)51-35-38(44)36-52-54(49,50)53-37-39(42(47)48)43-40(45)33-31-29-27-10-8-6-4-2/h38-39,44H,3-37H2,1-2H3,(H,43,45)(H,47,48)(H,49,50). The van der Waals surface area contributed by atoms with Crippen LogP contribution in [0, 0.1) is 0 Å². The number of carboxylic acids is 1. The van der Waals surface area contributed by atoms with Gasteiger partial charge in [0, 0.05) is 12.8 Å². The normalized spacial score (nSPS) is 13.7. The SMILES string of the molecule is CCCCCCCCCCCCCCCCCCCCCCCCCC(=O)OCC(O)COP(=O)(O)OCC(NC(=O)CCCCCCCCC)C(=O)O. The van der Waals surface area contributed by atoms with Crippen molar-refractivity contribution in [3.63, 3.8) is 0 Å². The molecule has 0 saturated carbocycles. The summed E-state index contributed by atoms with van der Waals surface area (Å²) in [5.41, 5.74) is 0. The molecule has 0 heterocycles. The Bertz CT molecular complexity index is 937. The second-order valence-electron chi connectivity index (χ2n) is 15.3. The first-order chi connectivity index (χ1) is 26.1. The Kier molecular flexibility index (Phi) is 37.3. The summed E-state index contributed by atoms with van der Waals surface area (Å²) in [6.45, 7) is 2.55. The second kappa shape index (κ2) is 38.4. The van der Waals surface area contributed by atoms with Crippen LogP contribution in [0.3, 0.4) is 0 Å². The van der Waals surface area contributed by atoms with Crippen molar-refractivity contribution in [2.45, 2.75) is 231 Å². The Balaban J connectivity index is 3.71. The summed E-state index contributed by atoms with van der Waals surface area (Å²) in [6.07, 6.45) is 36.1. The van der Waals surface area contributed by atoms with Gasteiger partial charge in [-0.2, -0.15) is 0 Å². The fourth-order valence-corrected chi connectivity index (χ4v) is 7.21. The van der Waals surface area contributed by atoms with Crippen LogP contribution in [0.1, 0.15) is 219 Å². The van der Waals surface area contributed by atoms with Gasteiger partial charge in [0.15, 0.2) is 6.04 Å². The van der Waals surface area contributed by atoms with Gasteiger partial charge in [0.2, 0.25) is 5.91 Å². The van der Waals surface area contributed by atoms with Gasteiger partial charge in [-0.3, -0.25) is 18.6 Å². The maximum absolute atomic E-state index is 12.2. The molecular formula is C42H82NO10P. The van der Waals surface area contributed by atoms with Crippen molar-refractivity contribution in [3.8, 4) is 0 Å². The molecule has 320 valence electrons. The predicted molar refractivity (Wildman–Crippen MR) is 217 cm³/mol. The van der Waals surface area contributed by atoms with E-state index >= 15 is 0 Å². The molecule has 0 aromatic carbocycles. The average molecular weight is 792 g/mol. The van der Waals surface area contributed by atoms with Crippen molar-refractivity contribution < 1.29 is 47.8 Å². The summed E-state index contributed by atoms with van der Waals surface area (Å²) in [7, 11) is -4.74. The number of amides is 1. The van der Waals surface area contributed by atoms with Gasteiger partial charge >= 0.3 is 19.8 Å². The van der Waals surface area contributed by atoms with Crippen molar-refractivity contribution >= 4 is 25.7 Å². The highest BCUT2D eigenvalue weighted by Crippen LogP contribution is 2.43. The zero-order chi connectivity index (χ0) is 40.0. The first kappa shape index (κ1) is 52.5. The highest BCUT2D eigenvalue weighted by Gasteiger charge is 2.28. The molecule has 0 spiro atoms. The number of phosphoric acid groups is 1. The Hall–Kier alpha value is -1.52. The molecule has 54 heavy (non-hydrogen) atoms. The molecule has 0 rings (SSSR count).